The molecule has 0 spiro atoms. The molecule has 0 amide bonds. The Bertz CT molecular complexity index is 465. The van der Waals surface area contributed by atoms with Crippen molar-refractivity contribution in [1.29, 1.82) is 0 Å². The Labute approximate surface area is 116 Å². The normalized spacial score (nSPS) is 11.8. The van der Waals surface area contributed by atoms with E-state index < -0.39 is 9.84 Å². The van der Waals surface area contributed by atoms with E-state index in [0.717, 1.165) is 38.3 Å². The van der Waals surface area contributed by atoms with Crippen LogP contribution >= 0.6 is 0 Å². The molecule has 1 aromatic rings. The molecule has 1 rings (SSSR count). The molecule has 5 heteroatoms. The van der Waals surface area contributed by atoms with Gasteiger partial charge in [-0.1, -0.05) is 13.8 Å². The molecule has 1 N–H and O–H groups in total. The average molecular weight is 284 g/mol. The summed E-state index contributed by atoms with van der Waals surface area (Å²) in [4.78, 5) is 2.75. The van der Waals surface area contributed by atoms with Crippen LogP contribution in [0.25, 0.3) is 0 Å². The maximum Gasteiger partial charge on any atom is 0.175 e. The van der Waals surface area contributed by atoms with Crippen molar-refractivity contribution in [2.24, 2.45) is 0 Å². The van der Waals surface area contributed by atoms with E-state index in [1.165, 1.54) is 6.26 Å². The third-order valence-electron chi connectivity index (χ3n) is 3.16. The molecular weight excluding hydrogens is 260 g/mol. The maximum absolute atomic E-state index is 11.3. The number of benzene rings is 1. The zero-order chi connectivity index (χ0) is 14.3. The highest BCUT2D eigenvalue weighted by Crippen LogP contribution is 2.13. The van der Waals surface area contributed by atoms with E-state index in [1.807, 2.05) is 12.1 Å². The molecule has 0 atom stereocenters. The summed E-state index contributed by atoms with van der Waals surface area (Å²) in [5.74, 6) is 0. The van der Waals surface area contributed by atoms with Crippen molar-refractivity contribution in [3.63, 3.8) is 0 Å². The topological polar surface area (TPSA) is 49.4 Å². The lowest BCUT2D eigenvalue weighted by atomic mass is 10.3. The number of sulfone groups is 1. The van der Waals surface area contributed by atoms with Crippen LogP contribution in [0.5, 0.6) is 0 Å². The van der Waals surface area contributed by atoms with Gasteiger partial charge in [0, 0.05) is 18.5 Å². The van der Waals surface area contributed by atoms with E-state index in [2.05, 4.69) is 24.1 Å². The number of hydrogen-bond donors (Lipinski definition) is 1. The smallest absolute Gasteiger partial charge is 0.175 e. The van der Waals surface area contributed by atoms with E-state index in [1.54, 1.807) is 12.1 Å². The van der Waals surface area contributed by atoms with Crippen LogP contribution in [-0.4, -0.2) is 45.8 Å². The second kappa shape index (κ2) is 7.50. The first-order valence-corrected chi connectivity index (χ1v) is 8.62. The Balaban J connectivity index is 2.38. The van der Waals surface area contributed by atoms with Crippen molar-refractivity contribution in [2.75, 3.05) is 37.8 Å². The first kappa shape index (κ1) is 16.0. The molecule has 19 heavy (non-hydrogen) atoms. The van der Waals surface area contributed by atoms with Crippen LogP contribution in [0.4, 0.5) is 5.69 Å². The van der Waals surface area contributed by atoms with E-state index in [-0.39, 0.29) is 0 Å². The van der Waals surface area contributed by atoms with Gasteiger partial charge < -0.3 is 10.2 Å². The first-order chi connectivity index (χ1) is 8.97. The molecule has 0 bridgehead atoms. The molecule has 0 fully saturated rings. The van der Waals surface area contributed by atoms with Gasteiger partial charge in [-0.05, 0) is 50.3 Å². The molecule has 0 aliphatic heterocycles. The van der Waals surface area contributed by atoms with Crippen LogP contribution in [0.2, 0.25) is 0 Å². The van der Waals surface area contributed by atoms with Crippen molar-refractivity contribution in [3.05, 3.63) is 24.3 Å². The summed E-state index contributed by atoms with van der Waals surface area (Å²) >= 11 is 0. The second-order valence-corrected chi connectivity index (χ2v) is 6.62. The summed E-state index contributed by atoms with van der Waals surface area (Å²) in [6.45, 7) is 8.48. The van der Waals surface area contributed by atoms with Crippen molar-refractivity contribution in [2.45, 2.75) is 25.2 Å². The molecule has 0 saturated carbocycles. The lowest BCUT2D eigenvalue weighted by Crippen LogP contribution is -2.25. The quantitative estimate of drug-likeness (QED) is 0.744. The summed E-state index contributed by atoms with van der Waals surface area (Å²) in [5.41, 5.74) is 0.965. The summed E-state index contributed by atoms with van der Waals surface area (Å²) in [5, 5.41) is 3.31. The minimum Gasteiger partial charge on any atom is -0.385 e. The van der Waals surface area contributed by atoms with Crippen LogP contribution in [0.1, 0.15) is 20.3 Å². The zero-order valence-electron chi connectivity index (χ0n) is 12.0. The van der Waals surface area contributed by atoms with Crippen LogP contribution in [0, 0.1) is 0 Å². The fourth-order valence-electron chi connectivity index (χ4n) is 1.90. The molecule has 0 heterocycles. The van der Waals surface area contributed by atoms with Gasteiger partial charge in [-0.3, -0.25) is 0 Å². The highest BCUT2D eigenvalue weighted by atomic mass is 32.2. The van der Waals surface area contributed by atoms with E-state index >= 15 is 0 Å². The number of hydrogen-bond acceptors (Lipinski definition) is 4. The van der Waals surface area contributed by atoms with Gasteiger partial charge >= 0.3 is 0 Å². The minimum absolute atomic E-state index is 0.362. The third-order valence-corrected chi connectivity index (χ3v) is 4.29. The SMILES string of the molecule is CCN(CC)CCCNc1ccc(S(C)(=O)=O)cc1. The molecule has 1 aromatic carbocycles. The van der Waals surface area contributed by atoms with Crippen LogP contribution in [-0.2, 0) is 9.84 Å². The molecule has 0 aliphatic rings. The zero-order valence-corrected chi connectivity index (χ0v) is 12.8. The van der Waals surface area contributed by atoms with Gasteiger partial charge in [0.25, 0.3) is 0 Å². The number of rotatable bonds is 8. The fraction of sp³-hybridized carbons (Fsp3) is 0.571. The van der Waals surface area contributed by atoms with E-state index in [9.17, 15) is 8.42 Å². The average Bonchev–Trinajstić information content (AvgIpc) is 2.38. The monoisotopic (exact) mass is 284 g/mol. The molecule has 0 radical (unpaired) electrons. The van der Waals surface area contributed by atoms with E-state index in [4.69, 9.17) is 0 Å². The predicted molar refractivity (Wildman–Crippen MR) is 80.4 cm³/mol. The number of anilines is 1. The van der Waals surface area contributed by atoms with E-state index in [0.29, 0.717) is 4.90 Å². The lowest BCUT2D eigenvalue weighted by Gasteiger charge is -2.17. The summed E-state index contributed by atoms with van der Waals surface area (Å²) in [6.07, 6.45) is 2.30. The highest BCUT2D eigenvalue weighted by Gasteiger charge is 2.05. The second-order valence-electron chi connectivity index (χ2n) is 4.60. The Kier molecular flexibility index (Phi) is 6.31. The Morgan fingerprint density at radius 3 is 2.16 bits per heavy atom. The van der Waals surface area contributed by atoms with Gasteiger partial charge in [-0.25, -0.2) is 8.42 Å². The predicted octanol–water partition coefficient (Wildman–Crippen LogP) is 2.23. The van der Waals surface area contributed by atoms with Gasteiger partial charge in [-0.15, -0.1) is 0 Å². The van der Waals surface area contributed by atoms with Gasteiger partial charge in [0.2, 0.25) is 0 Å². The molecular formula is C14H24N2O2S. The standard InChI is InChI=1S/C14H24N2O2S/c1-4-16(5-2)12-6-11-15-13-7-9-14(10-8-13)19(3,17)18/h7-10,15H,4-6,11-12H2,1-3H3. The summed E-state index contributed by atoms with van der Waals surface area (Å²) in [6, 6.07) is 6.91. The van der Waals surface area contributed by atoms with Crippen molar-refractivity contribution >= 4 is 15.5 Å². The van der Waals surface area contributed by atoms with Crippen molar-refractivity contribution in [3.8, 4) is 0 Å². The van der Waals surface area contributed by atoms with Gasteiger partial charge in [0.05, 0.1) is 4.90 Å². The fourth-order valence-corrected chi connectivity index (χ4v) is 2.53. The molecule has 0 saturated heterocycles. The van der Waals surface area contributed by atoms with Crippen LogP contribution in [0.3, 0.4) is 0 Å². The number of nitrogens with zero attached hydrogens (tertiary/aromatic N) is 1. The van der Waals surface area contributed by atoms with Gasteiger partial charge in [0.15, 0.2) is 9.84 Å². The Morgan fingerprint density at radius 1 is 1.11 bits per heavy atom. The molecule has 0 aromatic heterocycles. The Morgan fingerprint density at radius 2 is 1.68 bits per heavy atom. The minimum atomic E-state index is -3.10. The van der Waals surface area contributed by atoms with Gasteiger partial charge in [0.1, 0.15) is 0 Å². The van der Waals surface area contributed by atoms with Crippen molar-refractivity contribution < 1.29 is 8.42 Å². The summed E-state index contributed by atoms with van der Waals surface area (Å²) < 4.78 is 22.6. The third kappa shape index (κ3) is 5.61. The maximum atomic E-state index is 11.3. The van der Waals surface area contributed by atoms with Gasteiger partial charge in [-0.2, -0.15) is 0 Å². The largest absolute Gasteiger partial charge is 0.385 e. The lowest BCUT2D eigenvalue weighted by molar-refractivity contribution is 0.303. The van der Waals surface area contributed by atoms with Crippen molar-refractivity contribution in [1.82, 2.24) is 4.90 Å². The Hall–Kier alpha value is -1.07. The highest BCUT2D eigenvalue weighted by molar-refractivity contribution is 7.90. The first-order valence-electron chi connectivity index (χ1n) is 6.73. The number of nitrogens with one attached hydrogen (secondary N) is 1. The summed E-state index contributed by atoms with van der Waals surface area (Å²) in [7, 11) is -3.10. The van der Waals surface area contributed by atoms with Crippen LogP contribution in [0.15, 0.2) is 29.2 Å². The van der Waals surface area contributed by atoms with Crippen LogP contribution < -0.4 is 5.32 Å². The molecule has 4 nitrogen and oxygen atoms in total. The molecule has 108 valence electrons. The molecule has 0 aliphatic carbocycles. The molecule has 0 unspecified atom stereocenters.